The van der Waals surface area contributed by atoms with Crippen LogP contribution in [-0.2, 0) is 9.47 Å². The third-order valence-corrected chi connectivity index (χ3v) is 2.57. The monoisotopic (exact) mass is 187 g/mol. The Hall–Kier alpha value is -0.770. The third kappa shape index (κ3) is 2.34. The van der Waals surface area contributed by atoms with E-state index in [9.17, 15) is 4.79 Å². The summed E-state index contributed by atoms with van der Waals surface area (Å²) in [6.07, 6.45) is 1.85. The molecule has 0 aliphatic carbocycles. The van der Waals surface area contributed by atoms with E-state index in [2.05, 4.69) is 4.74 Å². The molecule has 4 heteroatoms. The molecule has 4 nitrogen and oxygen atoms in total. The van der Waals surface area contributed by atoms with E-state index in [0.717, 1.165) is 19.4 Å². The van der Waals surface area contributed by atoms with Crippen molar-refractivity contribution in [1.82, 2.24) is 4.90 Å². The van der Waals surface area contributed by atoms with E-state index in [1.54, 1.807) is 12.0 Å². The molecule has 1 amide bonds. The molecule has 0 aromatic rings. The zero-order valence-corrected chi connectivity index (χ0v) is 8.45. The maximum Gasteiger partial charge on any atom is 0.409 e. The standard InChI is InChI=1S/C9H17NO3/c1-7-6-8(12-2)4-5-10(7)9(11)13-3/h7-8H,4-6H2,1-3H3. The molecule has 13 heavy (non-hydrogen) atoms. The summed E-state index contributed by atoms with van der Waals surface area (Å²) >= 11 is 0. The van der Waals surface area contributed by atoms with Crippen LogP contribution in [0.15, 0.2) is 0 Å². The summed E-state index contributed by atoms with van der Waals surface area (Å²) in [6.45, 7) is 2.74. The van der Waals surface area contributed by atoms with Gasteiger partial charge in [-0.3, -0.25) is 0 Å². The zero-order chi connectivity index (χ0) is 9.84. The smallest absolute Gasteiger partial charge is 0.409 e. The van der Waals surface area contributed by atoms with Gasteiger partial charge in [-0.2, -0.15) is 0 Å². The second-order valence-corrected chi connectivity index (χ2v) is 3.39. The Kier molecular flexibility index (Phi) is 3.54. The minimum absolute atomic E-state index is 0.214. The first-order valence-corrected chi connectivity index (χ1v) is 4.56. The van der Waals surface area contributed by atoms with Crippen LogP contribution in [0.25, 0.3) is 0 Å². The average Bonchev–Trinajstić information content (AvgIpc) is 2.16. The van der Waals surface area contributed by atoms with Crippen molar-refractivity contribution in [2.24, 2.45) is 0 Å². The fourth-order valence-corrected chi connectivity index (χ4v) is 1.73. The SMILES string of the molecule is COC(=O)N1CCC(OC)CC1C. The fraction of sp³-hybridized carbons (Fsp3) is 0.889. The molecule has 76 valence electrons. The van der Waals surface area contributed by atoms with Gasteiger partial charge in [-0.05, 0) is 19.8 Å². The number of ether oxygens (including phenoxy) is 2. The molecular weight excluding hydrogens is 170 g/mol. The highest BCUT2D eigenvalue weighted by Crippen LogP contribution is 2.19. The molecule has 0 radical (unpaired) electrons. The molecule has 1 rings (SSSR count). The van der Waals surface area contributed by atoms with Gasteiger partial charge in [-0.1, -0.05) is 0 Å². The lowest BCUT2D eigenvalue weighted by atomic mass is 10.0. The van der Waals surface area contributed by atoms with Gasteiger partial charge in [0, 0.05) is 19.7 Å². The van der Waals surface area contributed by atoms with Gasteiger partial charge in [0.1, 0.15) is 0 Å². The summed E-state index contributed by atoms with van der Waals surface area (Å²) in [7, 11) is 3.13. The second-order valence-electron chi connectivity index (χ2n) is 3.39. The highest BCUT2D eigenvalue weighted by atomic mass is 16.5. The number of likely N-dealkylation sites (tertiary alicyclic amines) is 1. The first kappa shape index (κ1) is 10.3. The molecule has 0 N–H and O–H groups in total. The van der Waals surface area contributed by atoms with E-state index < -0.39 is 0 Å². The van der Waals surface area contributed by atoms with Crippen molar-refractivity contribution in [2.45, 2.75) is 31.9 Å². The van der Waals surface area contributed by atoms with Crippen LogP contribution in [-0.4, -0.2) is 43.9 Å². The topological polar surface area (TPSA) is 38.8 Å². The number of carbonyl (C=O) groups excluding carboxylic acids is 1. The lowest BCUT2D eigenvalue weighted by molar-refractivity contribution is 0.0159. The molecule has 1 aliphatic heterocycles. The van der Waals surface area contributed by atoms with Crippen molar-refractivity contribution in [3.63, 3.8) is 0 Å². The predicted molar refractivity (Wildman–Crippen MR) is 48.6 cm³/mol. The Balaban J connectivity index is 2.48. The third-order valence-electron chi connectivity index (χ3n) is 2.57. The largest absolute Gasteiger partial charge is 0.453 e. The van der Waals surface area contributed by atoms with E-state index >= 15 is 0 Å². The first-order chi connectivity index (χ1) is 6.19. The predicted octanol–water partition coefficient (Wildman–Crippen LogP) is 1.25. The van der Waals surface area contributed by atoms with Gasteiger partial charge in [0.15, 0.2) is 0 Å². The van der Waals surface area contributed by atoms with Crippen molar-refractivity contribution in [2.75, 3.05) is 20.8 Å². The van der Waals surface area contributed by atoms with Gasteiger partial charge in [0.25, 0.3) is 0 Å². The van der Waals surface area contributed by atoms with E-state index in [4.69, 9.17) is 4.74 Å². The average molecular weight is 187 g/mol. The summed E-state index contributed by atoms with van der Waals surface area (Å²) in [6, 6.07) is 0.214. The zero-order valence-electron chi connectivity index (χ0n) is 8.45. The van der Waals surface area contributed by atoms with Crippen LogP contribution in [0.3, 0.4) is 0 Å². The van der Waals surface area contributed by atoms with Gasteiger partial charge in [0.2, 0.25) is 0 Å². The van der Waals surface area contributed by atoms with E-state index in [1.165, 1.54) is 7.11 Å². The Labute approximate surface area is 78.8 Å². The number of amides is 1. The van der Waals surface area contributed by atoms with Gasteiger partial charge in [-0.15, -0.1) is 0 Å². The summed E-state index contributed by atoms with van der Waals surface area (Å²) in [5.74, 6) is 0. The fourth-order valence-electron chi connectivity index (χ4n) is 1.73. The van der Waals surface area contributed by atoms with Crippen LogP contribution < -0.4 is 0 Å². The van der Waals surface area contributed by atoms with Crippen LogP contribution in [0.2, 0.25) is 0 Å². The Morgan fingerprint density at radius 2 is 2.15 bits per heavy atom. The number of piperidine rings is 1. The number of nitrogens with zero attached hydrogens (tertiary/aromatic N) is 1. The quantitative estimate of drug-likeness (QED) is 0.620. The molecule has 0 saturated carbocycles. The highest BCUT2D eigenvalue weighted by Gasteiger charge is 2.28. The maximum absolute atomic E-state index is 11.2. The molecule has 1 heterocycles. The molecule has 0 spiro atoms. The molecular formula is C9H17NO3. The molecule has 2 atom stereocenters. The number of hydrogen-bond acceptors (Lipinski definition) is 3. The lowest BCUT2D eigenvalue weighted by Crippen LogP contribution is -2.46. The van der Waals surface area contributed by atoms with Gasteiger partial charge >= 0.3 is 6.09 Å². The number of methoxy groups -OCH3 is 2. The molecule has 0 aromatic heterocycles. The number of rotatable bonds is 1. The Morgan fingerprint density at radius 3 is 2.62 bits per heavy atom. The van der Waals surface area contributed by atoms with Crippen LogP contribution in [0.1, 0.15) is 19.8 Å². The Morgan fingerprint density at radius 1 is 1.46 bits per heavy atom. The number of hydrogen-bond donors (Lipinski definition) is 0. The summed E-state index contributed by atoms with van der Waals surface area (Å²) in [5, 5.41) is 0. The molecule has 1 saturated heterocycles. The van der Waals surface area contributed by atoms with Crippen molar-refractivity contribution < 1.29 is 14.3 Å². The van der Waals surface area contributed by atoms with Crippen LogP contribution in [0.5, 0.6) is 0 Å². The summed E-state index contributed by atoms with van der Waals surface area (Å²) in [4.78, 5) is 13.0. The normalized spacial score (nSPS) is 28.7. The lowest BCUT2D eigenvalue weighted by Gasteiger charge is -2.35. The van der Waals surface area contributed by atoms with Crippen molar-refractivity contribution in [3.05, 3.63) is 0 Å². The highest BCUT2D eigenvalue weighted by molar-refractivity contribution is 5.67. The molecule has 2 unspecified atom stereocenters. The molecule has 0 bridgehead atoms. The summed E-state index contributed by atoms with van der Waals surface area (Å²) in [5.41, 5.74) is 0. The summed E-state index contributed by atoms with van der Waals surface area (Å²) < 4.78 is 9.92. The first-order valence-electron chi connectivity index (χ1n) is 4.56. The minimum Gasteiger partial charge on any atom is -0.453 e. The second kappa shape index (κ2) is 4.46. The number of carbonyl (C=O) groups is 1. The maximum atomic E-state index is 11.2. The van der Waals surface area contributed by atoms with Crippen molar-refractivity contribution in [1.29, 1.82) is 0 Å². The van der Waals surface area contributed by atoms with Gasteiger partial charge in [0.05, 0.1) is 13.2 Å². The van der Waals surface area contributed by atoms with Crippen molar-refractivity contribution >= 4 is 6.09 Å². The van der Waals surface area contributed by atoms with Gasteiger partial charge in [-0.25, -0.2) is 4.79 Å². The van der Waals surface area contributed by atoms with Crippen LogP contribution in [0.4, 0.5) is 4.79 Å². The molecule has 1 aliphatic rings. The van der Waals surface area contributed by atoms with Crippen LogP contribution >= 0.6 is 0 Å². The Bertz CT molecular complexity index is 184. The molecule has 1 fully saturated rings. The van der Waals surface area contributed by atoms with E-state index in [0.29, 0.717) is 0 Å². The van der Waals surface area contributed by atoms with Crippen LogP contribution in [0, 0.1) is 0 Å². The van der Waals surface area contributed by atoms with E-state index in [-0.39, 0.29) is 18.2 Å². The van der Waals surface area contributed by atoms with Crippen molar-refractivity contribution in [3.8, 4) is 0 Å². The molecule has 0 aromatic carbocycles. The van der Waals surface area contributed by atoms with E-state index in [1.807, 2.05) is 6.92 Å². The van der Waals surface area contributed by atoms with Gasteiger partial charge < -0.3 is 14.4 Å². The minimum atomic E-state index is -0.234.